The minimum Gasteiger partial charge on any atom is -0.236 e. The van der Waals surface area contributed by atoms with Gasteiger partial charge >= 0.3 is 0 Å². The van der Waals surface area contributed by atoms with Gasteiger partial charge in [0.25, 0.3) is 0 Å². The van der Waals surface area contributed by atoms with Gasteiger partial charge in [0.1, 0.15) is 11.5 Å². The van der Waals surface area contributed by atoms with E-state index in [1.165, 1.54) is 28.6 Å². The highest BCUT2D eigenvalue weighted by atomic mass is 35.5. The van der Waals surface area contributed by atoms with Gasteiger partial charge in [0.05, 0.1) is 5.69 Å². The van der Waals surface area contributed by atoms with Crippen molar-refractivity contribution in [2.75, 3.05) is 0 Å². The lowest BCUT2D eigenvalue weighted by Crippen LogP contribution is -1.99. The van der Waals surface area contributed by atoms with E-state index in [9.17, 15) is 0 Å². The van der Waals surface area contributed by atoms with Crippen molar-refractivity contribution in [3.05, 3.63) is 45.9 Å². The quantitative estimate of drug-likeness (QED) is 0.753. The Morgan fingerprint density at radius 2 is 1.67 bits per heavy atom. The summed E-state index contributed by atoms with van der Waals surface area (Å²) in [5.74, 6) is 0. The molecule has 0 amide bonds. The summed E-state index contributed by atoms with van der Waals surface area (Å²) >= 11 is 6.16. The largest absolute Gasteiger partial charge is 0.236 e. The molecule has 0 saturated carbocycles. The zero-order valence-corrected chi connectivity index (χ0v) is 12.0. The monoisotopic (exact) mass is 260 g/mol. The Kier molecular flexibility index (Phi) is 3.67. The van der Waals surface area contributed by atoms with E-state index in [0.29, 0.717) is 5.15 Å². The van der Waals surface area contributed by atoms with Crippen LogP contribution in [0.3, 0.4) is 0 Å². The lowest BCUT2D eigenvalue weighted by atomic mass is 9.94. The van der Waals surface area contributed by atoms with Crippen LogP contribution in [0, 0.1) is 20.8 Å². The number of hydrogen-bond donors (Lipinski definition) is 0. The van der Waals surface area contributed by atoms with Crippen LogP contribution in [0.25, 0.3) is 11.3 Å². The van der Waals surface area contributed by atoms with E-state index >= 15 is 0 Å². The minimum absolute atomic E-state index is 0.557. The van der Waals surface area contributed by atoms with E-state index in [1.54, 1.807) is 0 Å². The van der Waals surface area contributed by atoms with Gasteiger partial charge in [-0.2, -0.15) is 0 Å². The molecule has 0 radical (unpaired) electrons. The molecular weight excluding hydrogens is 244 g/mol. The zero-order valence-electron chi connectivity index (χ0n) is 11.2. The third kappa shape index (κ3) is 2.25. The van der Waals surface area contributed by atoms with Gasteiger partial charge < -0.3 is 0 Å². The van der Waals surface area contributed by atoms with Gasteiger partial charge in [-0.05, 0) is 38.3 Å². The van der Waals surface area contributed by atoms with Gasteiger partial charge in [-0.3, -0.25) is 0 Å². The molecule has 0 aliphatic heterocycles. The third-order valence-electron chi connectivity index (χ3n) is 3.16. The van der Waals surface area contributed by atoms with Crippen molar-refractivity contribution in [2.24, 2.45) is 0 Å². The second-order valence-electron chi connectivity index (χ2n) is 4.62. The second-order valence-corrected chi connectivity index (χ2v) is 4.98. The van der Waals surface area contributed by atoms with Gasteiger partial charge in [-0.15, -0.1) is 0 Å². The topological polar surface area (TPSA) is 25.8 Å². The Morgan fingerprint density at radius 3 is 2.22 bits per heavy atom. The number of rotatable bonds is 2. The van der Waals surface area contributed by atoms with Gasteiger partial charge in [0.15, 0.2) is 0 Å². The molecule has 0 spiro atoms. The van der Waals surface area contributed by atoms with Gasteiger partial charge in [-0.1, -0.05) is 36.2 Å². The fourth-order valence-electron chi connectivity index (χ4n) is 2.47. The fraction of sp³-hybridized carbons (Fsp3) is 0.333. The van der Waals surface area contributed by atoms with Crippen molar-refractivity contribution in [1.82, 2.24) is 9.97 Å². The number of nitrogens with zero attached hydrogens (tertiary/aromatic N) is 2. The highest BCUT2D eigenvalue weighted by molar-refractivity contribution is 6.30. The summed E-state index contributed by atoms with van der Waals surface area (Å²) in [4.78, 5) is 8.50. The smallest absolute Gasteiger partial charge is 0.136 e. The van der Waals surface area contributed by atoms with Gasteiger partial charge in [0.2, 0.25) is 0 Å². The summed E-state index contributed by atoms with van der Waals surface area (Å²) in [6.45, 7) is 8.42. The van der Waals surface area contributed by atoms with Crippen LogP contribution in [-0.4, -0.2) is 9.97 Å². The zero-order chi connectivity index (χ0) is 13.3. The van der Waals surface area contributed by atoms with Crippen molar-refractivity contribution in [1.29, 1.82) is 0 Å². The van der Waals surface area contributed by atoms with E-state index < -0.39 is 0 Å². The average molecular weight is 261 g/mol. The maximum absolute atomic E-state index is 6.16. The number of halogens is 1. The van der Waals surface area contributed by atoms with Crippen LogP contribution in [0.1, 0.15) is 29.2 Å². The average Bonchev–Trinajstić information content (AvgIpc) is 2.27. The molecule has 0 saturated heterocycles. The minimum atomic E-state index is 0.557. The highest BCUT2D eigenvalue weighted by Crippen LogP contribution is 2.31. The van der Waals surface area contributed by atoms with Gasteiger partial charge in [0, 0.05) is 11.1 Å². The van der Waals surface area contributed by atoms with Crippen LogP contribution in [0.15, 0.2) is 18.5 Å². The molecule has 0 fully saturated rings. The standard InChI is InChI=1S/C15H17ClN2/c1-5-12-14(17-8-18-15(12)16)13-10(3)6-9(2)7-11(13)4/h6-8H,5H2,1-4H3. The Bertz CT molecular complexity index is 568. The number of benzene rings is 1. The fourth-order valence-corrected chi connectivity index (χ4v) is 2.74. The molecule has 2 nitrogen and oxygen atoms in total. The summed E-state index contributed by atoms with van der Waals surface area (Å²) in [5.41, 5.74) is 6.91. The van der Waals surface area contributed by atoms with Crippen LogP contribution >= 0.6 is 11.6 Å². The number of hydrogen-bond acceptors (Lipinski definition) is 2. The van der Waals surface area contributed by atoms with Crippen LogP contribution < -0.4 is 0 Å². The predicted molar refractivity (Wildman–Crippen MR) is 76.1 cm³/mol. The SMILES string of the molecule is CCc1c(Cl)ncnc1-c1c(C)cc(C)cc1C. The molecule has 0 aliphatic rings. The van der Waals surface area contributed by atoms with Crippen LogP contribution in [0.4, 0.5) is 0 Å². The predicted octanol–water partition coefficient (Wildman–Crippen LogP) is 4.28. The molecule has 1 aromatic carbocycles. The number of aryl methyl sites for hydroxylation is 3. The summed E-state index contributed by atoms with van der Waals surface area (Å²) in [6.07, 6.45) is 2.37. The van der Waals surface area contributed by atoms with Gasteiger partial charge in [-0.25, -0.2) is 9.97 Å². The Morgan fingerprint density at radius 1 is 1.06 bits per heavy atom. The second kappa shape index (κ2) is 5.07. The molecule has 0 bridgehead atoms. The first-order chi connectivity index (χ1) is 8.54. The van der Waals surface area contributed by atoms with E-state index in [2.05, 4.69) is 49.8 Å². The molecule has 1 aromatic heterocycles. The van der Waals surface area contributed by atoms with Crippen LogP contribution in [-0.2, 0) is 6.42 Å². The van der Waals surface area contributed by atoms with E-state index in [0.717, 1.165) is 17.7 Å². The summed E-state index contributed by atoms with van der Waals surface area (Å²) in [7, 11) is 0. The van der Waals surface area contributed by atoms with Crippen molar-refractivity contribution < 1.29 is 0 Å². The van der Waals surface area contributed by atoms with Crippen LogP contribution in [0.2, 0.25) is 5.15 Å². The molecule has 94 valence electrons. The first-order valence-corrected chi connectivity index (χ1v) is 6.50. The molecule has 0 unspecified atom stereocenters. The molecule has 0 N–H and O–H groups in total. The normalized spacial score (nSPS) is 10.7. The third-order valence-corrected chi connectivity index (χ3v) is 3.49. The number of aromatic nitrogens is 2. The first kappa shape index (κ1) is 13.0. The first-order valence-electron chi connectivity index (χ1n) is 6.12. The summed E-state index contributed by atoms with van der Waals surface area (Å²) < 4.78 is 0. The maximum Gasteiger partial charge on any atom is 0.136 e. The van der Waals surface area contributed by atoms with E-state index in [1.807, 2.05) is 0 Å². The van der Waals surface area contributed by atoms with Crippen molar-refractivity contribution in [3.63, 3.8) is 0 Å². The Hall–Kier alpha value is -1.41. The summed E-state index contributed by atoms with van der Waals surface area (Å²) in [5, 5.41) is 0.557. The Labute approximate surface area is 113 Å². The molecule has 18 heavy (non-hydrogen) atoms. The molecule has 0 aliphatic carbocycles. The van der Waals surface area contributed by atoms with Crippen LogP contribution in [0.5, 0.6) is 0 Å². The molecule has 1 heterocycles. The lowest BCUT2D eigenvalue weighted by Gasteiger charge is -2.14. The maximum atomic E-state index is 6.16. The van der Waals surface area contributed by atoms with Crippen molar-refractivity contribution in [2.45, 2.75) is 34.1 Å². The van der Waals surface area contributed by atoms with E-state index in [4.69, 9.17) is 11.6 Å². The molecular formula is C15H17ClN2. The molecule has 3 heteroatoms. The summed E-state index contributed by atoms with van der Waals surface area (Å²) in [6, 6.07) is 4.36. The highest BCUT2D eigenvalue weighted by Gasteiger charge is 2.14. The molecule has 2 rings (SSSR count). The molecule has 2 aromatic rings. The lowest BCUT2D eigenvalue weighted by molar-refractivity contribution is 1.05. The van der Waals surface area contributed by atoms with Crippen molar-refractivity contribution >= 4 is 11.6 Å². The Balaban J connectivity index is 2.73. The van der Waals surface area contributed by atoms with E-state index in [-0.39, 0.29) is 0 Å². The van der Waals surface area contributed by atoms with Crippen molar-refractivity contribution in [3.8, 4) is 11.3 Å². The molecule has 0 atom stereocenters.